The average Bonchev–Trinajstić information content (AvgIpc) is 2.52. The van der Waals surface area contributed by atoms with E-state index in [4.69, 9.17) is 0 Å². The number of carbonyl (C=O) groups is 1. The summed E-state index contributed by atoms with van der Waals surface area (Å²) >= 11 is 0. The standard InChI is InChI=1S/C13H14N2O/c16-13-9-14-7-5-12-11-4-2-1-3-10(11)6-8-15(12)13/h1-5,7,12,14H,6,8-9H2/t12-/m0/s1. The van der Waals surface area contributed by atoms with Crippen LogP contribution in [-0.2, 0) is 11.2 Å². The molecule has 0 unspecified atom stereocenters. The summed E-state index contributed by atoms with van der Waals surface area (Å²) in [6.07, 6.45) is 4.93. The highest BCUT2D eigenvalue weighted by molar-refractivity contribution is 5.80. The second-order valence-corrected chi connectivity index (χ2v) is 4.22. The van der Waals surface area contributed by atoms with Crippen LogP contribution in [-0.4, -0.2) is 23.9 Å². The van der Waals surface area contributed by atoms with Gasteiger partial charge in [-0.05, 0) is 29.8 Å². The van der Waals surface area contributed by atoms with Crippen LogP contribution < -0.4 is 5.32 Å². The maximum atomic E-state index is 11.9. The van der Waals surface area contributed by atoms with Crippen molar-refractivity contribution in [2.45, 2.75) is 12.5 Å². The van der Waals surface area contributed by atoms with Gasteiger partial charge in [-0.15, -0.1) is 0 Å². The van der Waals surface area contributed by atoms with Crippen LogP contribution in [0.15, 0.2) is 36.5 Å². The first-order valence-corrected chi connectivity index (χ1v) is 5.63. The molecule has 0 saturated carbocycles. The molecule has 0 saturated heterocycles. The Hall–Kier alpha value is -1.77. The van der Waals surface area contributed by atoms with E-state index in [0.717, 1.165) is 13.0 Å². The first kappa shape index (κ1) is 9.46. The summed E-state index contributed by atoms with van der Waals surface area (Å²) in [4.78, 5) is 13.8. The van der Waals surface area contributed by atoms with Gasteiger partial charge in [0.1, 0.15) is 0 Å². The van der Waals surface area contributed by atoms with Gasteiger partial charge in [-0.25, -0.2) is 0 Å². The lowest BCUT2D eigenvalue weighted by Gasteiger charge is -2.34. The van der Waals surface area contributed by atoms with Gasteiger partial charge in [-0.1, -0.05) is 24.3 Å². The minimum atomic E-state index is 0.118. The minimum absolute atomic E-state index is 0.118. The fourth-order valence-corrected chi connectivity index (χ4v) is 2.49. The third kappa shape index (κ3) is 1.40. The van der Waals surface area contributed by atoms with Crippen LogP contribution in [0.5, 0.6) is 0 Å². The molecule has 0 bridgehead atoms. The highest BCUT2D eigenvalue weighted by Gasteiger charge is 2.29. The van der Waals surface area contributed by atoms with E-state index in [9.17, 15) is 4.79 Å². The van der Waals surface area contributed by atoms with E-state index in [0.29, 0.717) is 6.54 Å². The number of amides is 1. The fourth-order valence-electron chi connectivity index (χ4n) is 2.49. The van der Waals surface area contributed by atoms with Crippen molar-refractivity contribution in [2.24, 2.45) is 0 Å². The van der Waals surface area contributed by atoms with Crippen molar-refractivity contribution >= 4 is 5.91 Å². The van der Waals surface area contributed by atoms with Crippen molar-refractivity contribution in [2.75, 3.05) is 13.1 Å². The number of rotatable bonds is 0. The van der Waals surface area contributed by atoms with Crippen molar-refractivity contribution in [3.05, 3.63) is 47.7 Å². The number of hydrogen-bond acceptors (Lipinski definition) is 2. The lowest BCUT2D eigenvalue weighted by atomic mass is 9.92. The van der Waals surface area contributed by atoms with Crippen LogP contribution in [0.4, 0.5) is 0 Å². The Balaban J connectivity index is 2.07. The van der Waals surface area contributed by atoms with E-state index < -0.39 is 0 Å². The van der Waals surface area contributed by atoms with Gasteiger partial charge in [0, 0.05) is 6.54 Å². The van der Waals surface area contributed by atoms with Crippen molar-refractivity contribution in [3.8, 4) is 0 Å². The summed E-state index contributed by atoms with van der Waals surface area (Å²) in [5, 5.41) is 3.01. The molecule has 0 aromatic heterocycles. The molecule has 2 heterocycles. The fraction of sp³-hybridized carbons (Fsp3) is 0.308. The molecular weight excluding hydrogens is 200 g/mol. The van der Waals surface area contributed by atoms with E-state index in [-0.39, 0.29) is 11.9 Å². The van der Waals surface area contributed by atoms with Gasteiger partial charge < -0.3 is 10.2 Å². The Morgan fingerprint density at radius 1 is 1.31 bits per heavy atom. The van der Waals surface area contributed by atoms with Crippen molar-refractivity contribution in [3.63, 3.8) is 0 Å². The first-order valence-electron chi connectivity index (χ1n) is 5.63. The second-order valence-electron chi connectivity index (χ2n) is 4.22. The number of benzene rings is 1. The molecule has 1 atom stereocenters. The molecule has 1 aromatic rings. The molecule has 2 aliphatic heterocycles. The van der Waals surface area contributed by atoms with Crippen molar-refractivity contribution in [1.29, 1.82) is 0 Å². The summed E-state index contributed by atoms with van der Waals surface area (Å²) in [5.41, 5.74) is 2.63. The van der Waals surface area contributed by atoms with Crippen LogP contribution >= 0.6 is 0 Å². The Morgan fingerprint density at radius 2 is 2.19 bits per heavy atom. The van der Waals surface area contributed by atoms with Gasteiger partial charge >= 0.3 is 0 Å². The number of nitrogens with zero attached hydrogens (tertiary/aromatic N) is 1. The summed E-state index contributed by atoms with van der Waals surface area (Å²) < 4.78 is 0. The third-order valence-electron chi connectivity index (χ3n) is 3.30. The Morgan fingerprint density at radius 3 is 3.12 bits per heavy atom. The van der Waals surface area contributed by atoms with Crippen molar-refractivity contribution in [1.82, 2.24) is 10.2 Å². The molecule has 3 rings (SSSR count). The normalized spacial score (nSPS) is 23.1. The molecule has 3 nitrogen and oxygen atoms in total. The molecule has 0 aliphatic carbocycles. The van der Waals surface area contributed by atoms with E-state index >= 15 is 0 Å². The topological polar surface area (TPSA) is 32.3 Å². The van der Waals surface area contributed by atoms with Crippen LogP contribution in [0.2, 0.25) is 0 Å². The third-order valence-corrected chi connectivity index (χ3v) is 3.30. The highest BCUT2D eigenvalue weighted by Crippen LogP contribution is 2.31. The monoisotopic (exact) mass is 214 g/mol. The molecule has 2 aliphatic rings. The van der Waals surface area contributed by atoms with Crippen LogP contribution in [0.1, 0.15) is 17.2 Å². The van der Waals surface area contributed by atoms with Crippen LogP contribution in [0.25, 0.3) is 0 Å². The van der Waals surface area contributed by atoms with E-state index in [1.807, 2.05) is 17.2 Å². The van der Waals surface area contributed by atoms with Gasteiger partial charge in [-0.3, -0.25) is 4.79 Å². The van der Waals surface area contributed by atoms with Crippen LogP contribution in [0, 0.1) is 0 Å². The SMILES string of the molecule is O=C1CNC=C[C@H]2c3ccccc3CCN12. The number of fused-ring (bicyclic) bond motifs is 3. The lowest BCUT2D eigenvalue weighted by Crippen LogP contribution is -2.41. The largest absolute Gasteiger partial charge is 0.382 e. The summed E-state index contributed by atoms with van der Waals surface area (Å²) in [7, 11) is 0. The Bertz CT molecular complexity index is 453. The molecule has 82 valence electrons. The summed E-state index contributed by atoms with van der Waals surface area (Å²) in [6, 6.07) is 8.50. The Kier molecular flexibility index (Phi) is 2.17. The maximum Gasteiger partial charge on any atom is 0.242 e. The van der Waals surface area contributed by atoms with E-state index in [1.165, 1.54) is 11.1 Å². The molecule has 0 fully saturated rings. The molecule has 0 spiro atoms. The van der Waals surface area contributed by atoms with Gasteiger partial charge in [-0.2, -0.15) is 0 Å². The molecule has 16 heavy (non-hydrogen) atoms. The van der Waals surface area contributed by atoms with Gasteiger partial charge in [0.05, 0.1) is 12.6 Å². The zero-order valence-corrected chi connectivity index (χ0v) is 9.02. The molecule has 1 amide bonds. The van der Waals surface area contributed by atoms with Gasteiger partial charge in [0.25, 0.3) is 0 Å². The summed E-state index contributed by atoms with van der Waals surface area (Å²) in [6.45, 7) is 1.24. The zero-order chi connectivity index (χ0) is 11.0. The van der Waals surface area contributed by atoms with Crippen LogP contribution in [0.3, 0.4) is 0 Å². The number of hydrogen-bond donors (Lipinski definition) is 1. The molecule has 3 heteroatoms. The van der Waals surface area contributed by atoms with E-state index in [2.05, 4.69) is 29.6 Å². The molecular formula is C13H14N2O. The Labute approximate surface area is 94.8 Å². The van der Waals surface area contributed by atoms with E-state index in [1.54, 1.807) is 0 Å². The number of nitrogens with one attached hydrogen (secondary N) is 1. The maximum absolute atomic E-state index is 11.9. The lowest BCUT2D eigenvalue weighted by molar-refractivity contribution is -0.131. The molecule has 1 N–H and O–H groups in total. The highest BCUT2D eigenvalue weighted by atomic mass is 16.2. The first-order chi connectivity index (χ1) is 7.86. The quantitative estimate of drug-likeness (QED) is 0.704. The van der Waals surface area contributed by atoms with Gasteiger partial charge in [0.2, 0.25) is 5.91 Å². The van der Waals surface area contributed by atoms with Crippen molar-refractivity contribution < 1.29 is 4.79 Å². The average molecular weight is 214 g/mol. The summed E-state index contributed by atoms with van der Waals surface area (Å²) in [5.74, 6) is 0.185. The predicted octanol–water partition coefficient (Wildman–Crippen LogP) is 1.23. The smallest absolute Gasteiger partial charge is 0.242 e. The predicted molar refractivity (Wildman–Crippen MR) is 61.7 cm³/mol. The zero-order valence-electron chi connectivity index (χ0n) is 9.02. The molecule has 0 radical (unpaired) electrons. The second kappa shape index (κ2) is 3.67. The van der Waals surface area contributed by atoms with Gasteiger partial charge in [0.15, 0.2) is 0 Å². The number of carbonyl (C=O) groups excluding carboxylic acids is 1. The molecule has 1 aromatic carbocycles. The minimum Gasteiger partial charge on any atom is -0.382 e.